The van der Waals surface area contributed by atoms with Crippen LogP contribution in [0.2, 0.25) is 5.31 Å². The quantitative estimate of drug-likeness (QED) is 0.355. The van der Waals surface area contributed by atoms with Crippen LogP contribution in [0.15, 0.2) is 0 Å². The van der Waals surface area contributed by atoms with Crippen molar-refractivity contribution < 1.29 is 0 Å². The zero-order chi connectivity index (χ0) is 7.49. The lowest BCUT2D eigenvalue weighted by Crippen LogP contribution is -2.33. The van der Waals surface area contributed by atoms with E-state index in [0.717, 1.165) is 0 Å². The monoisotopic (exact) mass is 145 g/mol. The van der Waals surface area contributed by atoms with Gasteiger partial charge in [0.25, 0.3) is 0 Å². The van der Waals surface area contributed by atoms with E-state index in [-0.39, 0.29) is 5.31 Å². The minimum atomic E-state index is 0.241. The molecule has 53 valence electrons. The topological polar surface area (TPSA) is 15.3 Å². The molecule has 0 heterocycles. The summed E-state index contributed by atoms with van der Waals surface area (Å²) >= 11 is 0. The van der Waals surface area contributed by atoms with E-state index in [1.807, 2.05) is 11.7 Å². The molecule has 0 aliphatic rings. The second-order valence-corrected chi connectivity index (χ2v) is 3.68. The van der Waals surface area contributed by atoms with Crippen molar-refractivity contribution in [2.45, 2.75) is 26.1 Å². The van der Waals surface area contributed by atoms with Gasteiger partial charge in [-0.25, -0.2) is 0 Å². The first-order chi connectivity index (χ1) is 3.95. The molecule has 0 spiro atoms. The first-order valence-electron chi connectivity index (χ1n) is 3.03. The normalized spacial score (nSPS) is 12.2. The fourth-order valence-corrected chi connectivity index (χ4v) is 0.929. The summed E-state index contributed by atoms with van der Waals surface area (Å²) in [6, 6.07) is 0. The van der Waals surface area contributed by atoms with Crippen molar-refractivity contribution in [2.24, 2.45) is 0 Å². The molecule has 1 radical (unpaired) electrons. The highest BCUT2D eigenvalue weighted by molar-refractivity contribution is 7.16. The number of hydrogen-bond acceptors (Lipinski definition) is 2. The minimum absolute atomic E-state index is 0.241. The van der Waals surface area contributed by atoms with Crippen LogP contribution in [0.3, 0.4) is 0 Å². The zero-order valence-corrected chi connectivity index (χ0v) is 7.76. The predicted molar refractivity (Wildman–Crippen MR) is 46.1 cm³/mol. The van der Waals surface area contributed by atoms with Gasteiger partial charge in [0.15, 0.2) is 0 Å². The smallest absolute Gasteiger partial charge is 0.241 e. The molecule has 0 aromatic heterocycles. The van der Waals surface area contributed by atoms with Gasteiger partial charge in [0.1, 0.15) is 0 Å². The summed E-state index contributed by atoms with van der Waals surface area (Å²) in [4.78, 5) is 0. The SMILES string of the molecule is CNN(P)[B]C(C)(C)C. The molecule has 0 amide bonds. The molecule has 1 unspecified atom stereocenters. The maximum atomic E-state index is 2.96. The van der Waals surface area contributed by atoms with Gasteiger partial charge >= 0.3 is 0 Å². The van der Waals surface area contributed by atoms with E-state index in [4.69, 9.17) is 0 Å². The van der Waals surface area contributed by atoms with Crippen LogP contribution in [-0.4, -0.2) is 19.2 Å². The Hall–Kier alpha value is 0.415. The lowest BCUT2D eigenvalue weighted by Gasteiger charge is -2.23. The Balaban J connectivity index is 3.47. The molecule has 0 saturated carbocycles. The van der Waals surface area contributed by atoms with E-state index < -0.39 is 0 Å². The zero-order valence-electron chi connectivity index (χ0n) is 6.60. The number of rotatable bonds is 2. The molecule has 0 fully saturated rings. The molecule has 0 aromatic rings. The summed E-state index contributed by atoms with van der Waals surface area (Å²) < 4.78 is 1.88. The fourth-order valence-electron chi connectivity index (χ4n) is 0.482. The van der Waals surface area contributed by atoms with Crippen LogP contribution in [0.5, 0.6) is 0 Å². The summed E-state index contributed by atoms with van der Waals surface area (Å²) in [6.45, 7) is 6.46. The van der Waals surface area contributed by atoms with Crippen molar-refractivity contribution >= 4 is 16.8 Å². The van der Waals surface area contributed by atoms with Crippen molar-refractivity contribution in [3.63, 3.8) is 0 Å². The largest absolute Gasteiger partial charge is 0.274 e. The van der Waals surface area contributed by atoms with Crippen LogP contribution in [0.25, 0.3) is 0 Å². The number of hydrogen-bond donors (Lipinski definition) is 1. The second kappa shape index (κ2) is 3.55. The second-order valence-electron chi connectivity index (χ2n) is 3.13. The molecular formula is C5H15BN2P. The van der Waals surface area contributed by atoms with Crippen molar-refractivity contribution in [1.29, 1.82) is 0 Å². The molecule has 2 nitrogen and oxygen atoms in total. The Kier molecular flexibility index (Phi) is 3.71. The highest BCUT2D eigenvalue weighted by Gasteiger charge is 2.14. The molecule has 0 bridgehead atoms. The van der Waals surface area contributed by atoms with Crippen molar-refractivity contribution in [1.82, 2.24) is 10.1 Å². The lowest BCUT2D eigenvalue weighted by atomic mass is 9.65. The molecule has 1 atom stereocenters. The average Bonchev–Trinajstić information content (AvgIpc) is 1.62. The molecule has 0 rings (SSSR count). The van der Waals surface area contributed by atoms with E-state index >= 15 is 0 Å². The van der Waals surface area contributed by atoms with Crippen LogP contribution >= 0.6 is 9.39 Å². The van der Waals surface area contributed by atoms with Crippen LogP contribution in [0.1, 0.15) is 20.8 Å². The Labute approximate surface area is 60.9 Å². The summed E-state index contributed by atoms with van der Waals surface area (Å²) in [5.74, 6) is 0. The van der Waals surface area contributed by atoms with E-state index in [0.29, 0.717) is 0 Å². The van der Waals surface area contributed by atoms with Gasteiger partial charge in [-0.05, 0) is 12.4 Å². The third-order valence-electron chi connectivity index (χ3n) is 0.785. The Morgan fingerprint density at radius 3 is 2.00 bits per heavy atom. The Bertz CT molecular complexity index is 81.5. The van der Waals surface area contributed by atoms with Gasteiger partial charge in [-0.1, -0.05) is 30.2 Å². The van der Waals surface area contributed by atoms with Gasteiger partial charge in [0, 0.05) is 0 Å². The fraction of sp³-hybridized carbons (Fsp3) is 1.00. The summed E-state index contributed by atoms with van der Waals surface area (Å²) in [7, 11) is 6.54. The number of hydrazine groups is 1. The Morgan fingerprint density at radius 2 is 1.89 bits per heavy atom. The number of nitrogens with zero attached hydrogens (tertiary/aromatic N) is 1. The van der Waals surface area contributed by atoms with Gasteiger partial charge in [0.2, 0.25) is 7.41 Å². The third kappa shape index (κ3) is 6.30. The van der Waals surface area contributed by atoms with Gasteiger partial charge < -0.3 is 0 Å². The van der Waals surface area contributed by atoms with Crippen LogP contribution in [-0.2, 0) is 0 Å². The van der Waals surface area contributed by atoms with Crippen LogP contribution < -0.4 is 5.43 Å². The first kappa shape index (κ1) is 9.41. The summed E-state index contributed by atoms with van der Waals surface area (Å²) in [6.07, 6.45) is 0. The minimum Gasteiger partial charge on any atom is -0.274 e. The third-order valence-corrected chi connectivity index (χ3v) is 1.19. The van der Waals surface area contributed by atoms with Crippen molar-refractivity contribution in [2.75, 3.05) is 7.05 Å². The van der Waals surface area contributed by atoms with E-state index in [1.165, 1.54) is 0 Å². The predicted octanol–water partition coefficient (Wildman–Crippen LogP) is 1.05. The highest BCUT2D eigenvalue weighted by atomic mass is 31.0. The van der Waals surface area contributed by atoms with Gasteiger partial charge in [0.05, 0.1) is 0 Å². The van der Waals surface area contributed by atoms with Gasteiger partial charge in [-0.2, -0.15) is 0 Å². The van der Waals surface area contributed by atoms with Crippen LogP contribution in [0, 0.1) is 0 Å². The maximum Gasteiger partial charge on any atom is 0.241 e. The summed E-state index contributed by atoms with van der Waals surface area (Å²) in [5, 5.41) is 0.241. The summed E-state index contributed by atoms with van der Waals surface area (Å²) in [5.41, 5.74) is 2.96. The van der Waals surface area contributed by atoms with Gasteiger partial charge in [-0.15, -0.1) is 0 Å². The Morgan fingerprint density at radius 1 is 1.44 bits per heavy atom. The molecule has 0 saturated heterocycles. The maximum absolute atomic E-state index is 2.96. The van der Waals surface area contributed by atoms with Gasteiger partial charge in [-0.3, -0.25) is 10.1 Å². The molecule has 0 aliphatic carbocycles. The van der Waals surface area contributed by atoms with Crippen molar-refractivity contribution in [3.8, 4) is 0 Å². The van der Waals surface area contributed by atoms with E-state index in [1.54, 1.807) is 0 Å². The highest BCUT2D eigenvalue weighted by Crippen LogP contribution is 2.21. The van der Waals surface area contributed by atoms with E-state index in [2.05, 4.69) is 43.0 Å². The molecule has 1 N–H and O–H groups in total. The first-order valence-corrected chi connectivity index (χ1v) is 3.55. The lowest BCUT2D eigenvalue weighted by molar-refractivity contribution is 0.549. The van der Waals surface area contributed by atoms with Crippen LogP contribution in [0.4, 0.5) is 0 Å². The standard InChI is InChI=1S/C5H15BN2P/c1-5(2,3)6-8(9)7-4/h7H,9H2,1-4H3. The average molecular weight is 145 g/mol. The molecule has 0 aromatic carbocycles. The molecule has 0 aliphatic heterocycles. The molecular weight excluding hydrogens is 130 g/mol. The van der Waals surface area contributed by atoms with Crippen molar-refractivity contribution in [3.05, 3.63) is 0 Å². The molecule has 9 heavy (non-hydrogen) atoms. The van der Waals surface area contributed by atoms with E-state index in [9.17, 15) is 0 Å². The molecule has 4 heteroatoms. The number of nitrogens with one attached hydrogen (secondary N) is 1.